The molecule has 0 unspecified atom stereocenters. The molecule has 21 heavy (non-hydrogen) atoms. The molecule has 0 radical (unpaired) electrons. The maximum atomic E-state index is 8.79. The van der Waals surface area contributed by atoms with Gasteiger partial charge in [-0.25, -0.2) is 4.68 Å². The van der Waals surface area contributed by atoms with E-state index >= 15 is 0 Å². The molecule has 1 aliphatic rings. The van der Waals surface area contributed by atoms with E-state index in [4.69, 9.17) is 9.84 Å². The van der Waals surface area contributed by atoms with Crippen LogP contribution in [-0.4, -0.2) is 44.8 Å². The van der Waals surface area contributed by atoms with Crippen molar-refractivity contribution in [1.29, 1.82) is 0 Å². The molecule has 3 rings (SSSR count). The van der Waals surface area contributed by atoms with Crippen molar-refractivity contribution >= 4 is 5.69 Å². The molecule has 0 bridgehead atoms. The summed E-state index contributed by atoms with van der Waals surface area (Å²) in [6.45, 7) is 3.29. The summed E-state index contributed by atoms with van der Waals surface area (Å²) in [7, 11) is 0. The largest absolute Gasteiger partial charge is 0.394 e. The van der Waals surface area contributed by atoms with Gasteiger partial charge >= 0.3 is 0 Å². The zero-order chi connectivity index (χ0) is 14.5. The predicted molar refractivity (Wildman–Crippen MR) is 76.7 cm³/mol. The number of ether oxygens (including phenoxy) is 1. The Bertz CT molecular complexity index is 572. The molecular formula is C14H19N5O2. The lowest BCUT2D eigenvalue weighted by Crippen LogP contribution is -2.23. The highest BCUT2D eigenvalue weighted by atomic mass is 16.5. The van der Waals surface area contributed by atoms with Gasteiger partial charge in [0, 0.05) is 19.3 Å². The normalized spacial score (nSPS) is 14.8. The number of aryl methyl sites for hydroxylation is 1. The van der Waals surface area contributed by atoms with Gasteiger partial charge in [0.25, 0.3) is 0 Å². The molecule has 0 spiro atoms. The van der Waals surface area contributed by atoms with E-state index in [1.165, 1.54) is 0 Å². The molecule has 0 saturated heterocycles. The van der Waals surface area contributed by atoms with Gasteiger partial charge in [-0.05, 0) is 18.6 Å². The van der Waals surface area contributed by atoms with Crippen LogP contribution in [0.5, 0.6) is 0 Å². The smallest absolute Gasteiger partial charge is 0.113 e. The van der Waals surface area contributed by atoms with Crippen molar-refractivity contribution in [2.75, 3.05) is 24.7 Å². The summed E-state index contributed by atoms with van der Waals surface area (Å²) < 4.78 is 7.33. The lowest BCUT2D eigenvalue weighted by Gasteiger charge is -2.22. The Morgan fingerprint density at radius 2 is 2.29 bits per heavy atom. The molecule has 0 saturated carbocycles. The van der Waals surface area contributed by atoms with Crippen molar-refractivity contribution in [2.45, 2.75) is 26.1 Å². The Kier molecular flexibility index (Phi) is 4.42. The highest BCUT2D eigenvalue weighted by molar-refractivity contribution is 5.44. The summed E-state index contributed by atoms with van der Waals surface area (Å²) in [5, 5.41) is 17.2. The van der Waals surface area contributed by atoms with Gasteiger partial charge in [-0.1, -0.05) is 5.21 Å². The highest BCUT2D eigenvalue weighted by Crippen LogP contribution is 2.21. The predicted octanol–water partition coefficient (Wildman–Crippen LogP) is 0.592. The van der Waals surface area contributed by atoms with E-state index in [0.717, 1.165) is 43.1 Å². The lowest BCUT2D eigenvalue weighted by atomic mass is 10.3. The first kappa shape index (κ1) is 14.0. The Balaban J connectivity index is 1.78. The van der Waals surface area contributed by atoms with E-state index in [0.29, 0.717) is 13.2 Å². The molecule has 7 heteroatoms. The fourth-order valence-corrected chi connectivity index (χ4v) is 2.50. The third kappa shape index (κ3) is 3.20. The number of aliphatic hydroxyl groups is 1. The third-order valence-corrected chi connectivity index (χ3v) is 3.54. The van der Waals surface area contributed by atoms with E-state index < -0.39 is 0 Å². The molecule has 2 aromatic rings. The van der Waals surface area contributed by atoms with Crippen molar-refractivity contribution in [1.82, 2.24) is 20.0 Å². The average Bonchev–Trinajstić information content (AvgIpc) is 2.78. The fourth-order valence-electron chi connectivity index (χ4n) is 2.50. The van der Waals surface area contributed by atoms with Gasteiger partial charge in [-0.15, -0.1) is 5.10 Å². The summed E-state index contributed by atoms with van der Waals surface area (Å²) in [6, 6.07) is 4.01. The first-order chi connectivity index (χ1) is 10.4. The van der Waals surface area contributed by atoms with E-state index in [9.17, 15) is 0 Å². The minimum Gasteiger partial charge on any atom is -0.394 e. The summed E-state index contributed by atoms with van der Waals surface area (Å²) in [5.74, 6) is 0. The summed E-state index contributed by atoms with van der Waals surface area (Å²) in [5.41, 5.74) is 3.03. The first-order valence-corrected chi connectivity index (χ1v) is 7.13. The molecule has 0 fully saturated rings. The molecule has 0 aliphatic carbocycles. The Labute approximate surface area is 123 Å². The number of hydrogen-bond acceptors (Lipinski definition) is 6. The standard InChI is InChI=1S/C14H19N5O2/c20-7-8-21-11-13-14-10-18(12-3-1-4-15-9-12)5-2-6-19(14)17-16-13/h1,3-4,9,20H,2,5-8,10-11H2. The minimum absolute atomic E-state index is 0.0191. The van der Waals surface area contributed by atoms with E-state index in [1.54, 1.807) is 6.20 Å². The first-order valence-electron chi connectivity index (χ1n) is 7.13. The van der Waals surface area contributed by atoms with Crippen LogP contribution in [0, 0.1) is 0 Å². The highest BCUT2D eigenvalue weighted by Gasteiger charge is 2.20. The van der Waals surface area contributed by atoms with Gasteiger partial charge in [-0.2, -0.15) is 0 Å². The van der Waals surface area contributed by atoms with Crippen molar-refractivity contribution in [3.8, 4) is 0 Å². The number of fused-ring (bicyclic) bond motifs is 1. The average molecular weight is 289 g/mol. The number of pyridine rings is 1. The molecule has 0 aromatic carbocycles. The van der Waals surface area contributed by atoms with Gasteiger partial charge < -0.3 is 14.7 Å². The third-order valence-electron chi connectivity index (χ3n) is 3.54. The molecule has 1 aliphatic heterocycles. The minimum atomic E-state index is 0.0191. The van der Waals surface area contributed by atoms with Gasteiger partial charge in [0.15, 0.2) is 0 Å². The van der Waals surface area contributed by atoms with Crippen LogP contribution < -0.4 is 4.90 Å². The SMILES string of the molecule is OCCOCc1nnn2c1CN(c1cccnc1)CCC2. The van der Waals surface area contributed by atoms with E-state index in [1.807, 2.05) is 16.9 Å². The van der Waals surface area contributed by atoms with E-state index in [-0.39, 0.29) is 6.61 Å². The maximum absolute atomic E-state index is 8.79. The molecular weight excluding hydrogens is 270 g/mol. The summed E-state index contributed by atoms with van der Waals surface area (Å²) in [6.07, 6.45) is 4.67. The van der Waals surface area contributed by atoms with Gasteiger partial charge in [0.2, 0.25) is 0 Å². The second-order valence-corrected chi connectivity index (χ2v) is 4.97. The number of anilines is 1. The topological polar surface area (TPSA) is 76.3 Å². The zero-order valence-electron chi connectivity index (χ0n) is 11.9. The maximum Gasteiger partial charge on any atom is 0.113 e. The van der Waals surface area contributed by atoms with Gasteiger partial charge in [-0.3, -0.25) is 4.98 Å². The molecule has 112 valence electrons. The Hall–Kier alpha value is -1.99. The second kappa shape index (κ2) is 6.64. The van der Waals surface area contributed by atoms with Crippen LogP contribution in [0.25, 0.3) is 0 Å². The van der Waals surface area contributed by atoms with Gasteiger partial charge in [0.1, 0.15) is 5.69 Å². The summed E-state index contributed by atoms with van der Waals surface area (Å²) in [4.78, 5) is 6.47. The van der Waals surface area contributed by atoms with Crippen molar-refractivity contribution in [3.63, 3.8) is 0 Å². The van der Waals surface area contributed by atoms with Crippen LogP contribution in [0.15, 0.2) is 24.5 Å². The van der Waals surface area contributed by atoms with Crippen LogP contribution in [0.3, 0.4) is 0 Å². The number of rotatable bonds is 5. The zero-order valence-corrected chi connectivity index (χ0v) is 11.9. The molecule has 0 amide bonds. The van der Waals surface area contributed by atoms with Crippen molar-refractivity contribution in [3.05, 3.63) is 35.9 Å². The lowest BCUT2D eigenvalue weighted by molar-refractivity contribution is 0.0792. The van der Waals surface area contributed by atoms with Crippen molar-refractivity contribution < 1.29 is 9.84 Å². The Morgan fingerprint density at radius 3 is 3.10 bits per heavy atom. The molecule has 1 N–H and O–H groups in total. The van der Waals surface area contributed by atoms with Crippen LogP contribution >= 0.6 is 0 Å². The van der Waals surface area contributed by atoms with Crippen LogP contribution in [0.4, 0.5) is 5.69 Å². The second-order valence-electron chi connectivity index (χ2n) is 4.97. The van der Waals surface area contributed by atoms with Crippen molar-refractivity contribution in [2.24, 2.45) is 0 Å². The monoisotopic (exact) mass is 289 g/mol. The Morgan fingerprint density at radius 1 is 1.33 bits per heavy atom. The number of hydrogen-bond donors (Lipinski definition) is 1. The molecule has 2 aromatic heterocycles. The molecule has 0 atom stereocenters. The summed E-state index contributed by atoms with van der Waals surface area (Å²) >= 11 is 0. The van der Waals surface area contributed by atoms with Gasteiger partial charge in [0.05, 0.1) is 43.9 Å². The van der Waals surface area contributed by atoms with Crippen LogP contribution in [0.2, 0.25) is 0 Å². The number of nitrogens with zero attached hydrogens (tertiary/aromatic N) is 5. The van der Waals surface area contributed by atoms with Crippen LogP contribution in [-0.2, 0) is 24.4 Å². The quantitative estimate of drug-likeness (QED) is 0.812. The van der Waals surface area contributed by atoms with E-state index in [2.05, 4.69) is 26.3 Å². The molecule has 7 nitrogen and oxygen atoms in total. The fraction of sp³-hybridized carbons (Fsp3) is 0.500. The van der Waals surface area contributed by atoms with Crippen LogP contribution in [0.1, 0.15) is 17.8 Å². The molecule has 3 heterocycles. The number of aromatic nitrogens is 4. The number of aliphatic hydroxyl groups excluding tert-OH is 1.